The number of piperidine rings is 1. The Morgan fingerprint density at radius 3 is 2.53 bits per heavy atom. The number of rotatable bonds is 3. The van der Waals surface area contributed by atoms with Crippen molar-refractivity contribution in [2.24, 2.45) is 5.73 Å². The lowest BCUT2D eigenvalue weighted by Gasteiger charge is -2.42. The maximum Gasteiger partial charge on any atom is 0.0746 e. The zero-order valence-corrected chi connectivity index (χ0v) is 12.4. The van der Waals surface area contributed by atoms with Gasteiger partial charge >= 0.3 is 0 Å². The minimum atomic E-state index is -0.613. The van der Waals surface area contributed by atoms with Crippen LogP contribution in [0, 0.1) is 0 Å². The molecular weight excluding hydrogens is 260 g/mol. The van der Waals surface area contributed by atoms with E-state index in [-0.39, 0.29) is 12.1 Å². The summed E-state index contributed by atoms with van der Waals surface area (Å²) >= 11 is 5.94. The Balaban J connectivity index is 2.22. The molecular formula is C15H23ClN2O. The second kappa shape index (κ2) is 5.80. The molecule has 1 saturated heterocycles. The van der Waals surface area contributed by atoms with Crippen molar-refractivity contribution in [2.75, 3.05) is 13.1 Å². The summed E-state index contributed by atoms with van der Waals surface area (Å²) in [5.41, 5.74) is 6.72. The molecule has 1 fully saturated rings. The van der Waals surface area contributed by atoms with Crippen LogP contribution in [-0.4, -0.2) is 34.7 Å². The van der Waals surface area contributed by atoms with E-state index in [1.54, 1.807) is 0 Å². The quantitative estimate of drug-likeness (QED) is 0.896. The van der Waals surface area contributed by atoms with E-state index < -0.39 is 5.60 Å². The van der Waals surface area contributed by atoms with Gasteiger partial charge in [-0.3, -0.25) is 4.90 Å². The number of hydrogen-bond donors (Lipinski definition) is 2. The molecule has 0 saturated carbocycles. The lowest BCUT2D eigenvalue weighted by molar-refractivity contribution is -0.0333. The van der Waals surface area contributed by atoms with Crippen LogP contribution in [0.4, 0.5) is 0 Å². The van der Waals surface area contributed by atoms with Crippen LogP contribution >= 0.6 is 11.6 Å². The average molecular weight is 283 g/mol. The van der Waals surface area contributed by atoms with Gasteiger partial charge in [0.1, 0.15) is 0 Å². The zero-order valence-electron chi connectivity index (χ0n) is 11.6. The Kier molecular flexibility index (Phi) is 4.51. The van der Waals surface area contributed by atoms with E-state index in [1.165, 1.54) is 0 Å². The molecule has 3 nitrogen and oxygen atoms in total. The van der Waals surface area contributed by atoms with Gasteiger partial charge in [-0.2, -0.15) is 0 Å². The van der Waals surface area contributed by atoms with Crippen LogP contribution in [0.3, 0.4) is 0 Å². The molecule has 3 atom stereocenters. The van der Waals surface area contributed by atoms with E-state index in [0.29, 0.717) is 6.54 Å². The molecule has 1 aromatic rings. The highest BCUT2D eigenvalue weighted by atomic mass is 35.5. The molecule has 1 heterocycles. The molecule has 1 aliphatic rings. The Morgan fingerprint density at radius 2 is 2.00 bits per heavy atom. The van der Waals surface area contributed by atoms with E-state index in [4.69, 9.17) is 17.3 Å². The maximum atomic E-state index is 10.3. The van der Waals surface area contributed by atoms with Crippen LogP contribution in [0.25, 0.3) is 0 Å². The summed E-state index contributed by atoms with van der Waals surface area (Å²) in [6, 6.07) is 7.99. The van der Waals surface area contributed by atoms with E-state index in [0.717, 1.165) is 30.0 Å². The van der Waals surface area contributed by atoms with Gasteiger partial charge in [-0.05, 0) is 50.9 Å². The predicted octanol–water partition coefficient (Wildman–Crippen LogP) is 2.58. The Bertz CT molecular complexity index is 417. The lowest BCUT2D eigenvalue weighted by atomic mass is 9.90. The molecule has 0 spiro atoms. The zero-order chi connectivity index (χ0) is 14.0. The maximum absolute atomic E-state index is 10.3. The molecule has 0 aliphatic carbocycles. The first-order chi connectivity index (χ1) is 8.89. The monoisotopic (exact) mass is 282 g/mol. The number of nitrogens with two attached hydrogens (primary N) is 1. The van der Waals surface area contributed by atoms with Crippen LogP contribution in [0.15, 0.2) is 24.3 Å². The molecule has 0 bridgehead atoms. The third-order valence-corrected chi connectivity index (χ3v) is 4.06. The average Bonchev–Trinajstić information content (AvgIpc) is 2.30. The van der Waals surface area contributed by atoms with Crippen molar-refractivity contribution < 1.29 is 5.11 Å². The van der Waals surface area contributed by atoms with E-state index in [2.05, 4.69) is 4.90 Å². The molecule has 4 heteroatoms. The van der Waals surface area contributed by atoms with Gasteiger partial charge in [-0.1, -0.05) is 23.7 Å². The van der Waals surface area contributed by atoms with Gasteiger partial charge in [-0.25, -0.2) is 0 Å². The number of hydrogen-bond acceptors (Lipinski definition) is 3. The first-order valence-electron chi connectivity index (χ1n) is 6.86. The predicted molar refractivity (Wildman–Crippen MR) is 79.3 cm³/mol. The van der Waals surface area contributed by atoms with Gasteiger partial charge in [0, 0.05) is 23.7 Å². The summed E-state index contributed by atoms with van der Waals surface area (Å²) in [6.07, 6.45) is 1.86. The molecule has 0 amide bonds. The summed E-state index contributed by atoms with van der Waals surface area (Å²) in [5.74, 6) is 0. The van der Waals surface area contributed by atoms with Gasteiger partial charge in [-0.15, -0.1) is 0 Å². The largest absolute Gasteiger partial charge is 0.389 e. The number of nitrogens with zero attached hydrogens (tertiary/aromatic N) is 1. The fourth-order valence-electron chi connectivity index (χ4n) is 3.00. The summed E-state index contributed by atoms with van der Waals surface area (Å²) in [5, 5.41) is 11.0. The van der Waals surface area contributed by atoms with Crippen molar-refractivity contribution >= 4 is 11.6 Å². The fourth-order valence-corrected chi connectivity index (χ4v) is 3.13. The summed E-state index contributed by atoms with van der Waals surface area (Å²) in [4.78, 5) is 2.29. The van der Waals surface area contributed by atoms with Crippen molar-refractivity contribution in [1.29, 1.82) is 0 Å². The number of halogens is 1. The number of aliphatic hydroxyl groups is 1. The topological polar surface area (TPSA) is 49.5 Å². The lowest BCUT2D eigenvalue weighted by Crippen LogP contribution is -2.50. The molecule has 1 aromatic carbocycles. The number of benzene rings is 1. The molecule has 106 valence electrons. The van der Waals surface area contributed by atoms with Crippen LogP contribution < -0.4 is 5.73 Å². The molecule has 1 aliphatic heterocycles. The second-order valence-corrected chi connectivity index (χ2v) is 6.36. The van der Waals surface area contributed by atoms with Gasteiger partial charge in [0.15, 0.2) is 0 Å². The Labute approximate surface area is 120 Å². The van der Waals surface area contributed by atoms with Crippen LogP contribution in [0.5, 0.6) is 0 Å². The van der Waals surface area contributed by atoms with Crippen LogP contribution in [0.2, 0.25) is 5.02 Å². The van der Waals surface area contributed by atoms with Gasteiger partial charge in [0.25, 0.3) is 0 Å². The molecule has 3 unspecified atom stereocenters. The van der Waals surface area contributed by atoms with Gasteiger partial charge in [0.05, 0.1) is 5.60 Å². The highest BCUT2D eigenvalue weighted by molar-refractivity contribution is 6.30. The second-order valence-electron chi connectivity index (χ2n) is 5.93. The molecule has 0 aromatic heterocycles. The van der Waals surface area contributed by atoms with Gasteiger partial charge < -0.3 is 10.8 Å². The molecule has 19 heavy (non-hydrogen) atoms. The Morgan fingerprint density at radius 1 is 1.37 bits per heavy atom. The number of likely N-dealkylation sites (tertiary alicyclic amines) is 1. The molecule has 3 N–H and O–H groups in total. The van der Waals surface area contributed by atoms with Crippen molar-refractivity contribution in [3.8, 4) is 0 Å². The first-order valence-corrected chi connectivity index (χ1v) is 7.24. The van der Waals surface area contributed by atoms with Crippen molar-refractivity contribution in [3.05, 3.63) is 34.9 Å². The van der Waals surface area contributed by atoms with Crippen molar-refractivity contribution in [3.63, 3.8) is 0 Å². The third kappa shape index (κ3) is 3.69. The van der Waals surface area contributed by atoms with Crippen molar-refractivity contribution in [1.82, 2.24) is 4.90 Å². The smallest absolute Gasteiger partial charge is 0.0746 e. The van der Waals surface area contributed by atoms with Crippen LogP contribution in [-0.2, 0) is 0 Å². The first kappa shape index (κ1) is 14.8. The Hall–Kier alpha value is -0.610. The van der Waals surface area contributed by atoms with E-state index in [1.807, 2.05) is 38.1 Å². The highest BCUT2D eigenvalue weighted by Crippen LogP contribution is 2.31. The van der Waals surface area contributed by atoms with Crippen molar-refractivity contribution in [2.45, 2.75) is 44.4 Å². The molecule has 0 radical (unpaired) electrons. The summed E-state index contributed by atoms with van der Waals surface area (Å²) in [7, 11) is 0. The minimum absolute atomic E-state index is 0.00933. The SMILES string of the molecule is CC(N)C(c1ccc(Cl)cc1)N1CCCC(C)(O)C1. The third-order valence-electron chi connectivity index (χ3n) is 3.81. The number of β-amino-alcohol motifs (C(OH)–C–C–N with tert-alkyl or cyclic N) is 1. The van der Waals surface area contributed by atoms with E-state index >= 15 is 0 Å². The minimum Gasteiger partial charge on any atom is -0.389 e. The summed E-state index contributed by atoms with van der Waals surface area (Å²) < 4.78 is 0. The highest BCUT2D eigenvalue weighted by Gasteiger charge is 2.34. The standard InChI is InChI=1S/C15H23ClN2O/c1-11(17)14(12-4-6-13(16)7-5-12)18-9-3-8-15(2,19)10-18/h4-7,11,14,19H,3,8-10,17H2,1-2H3. The summed E-state index contributed by atoms with van der Waals surface area (Å²) in [6.45, 7) is 5.56. The van der Waals surface area contributed by atoms with Gasteiger partial charge in [0.2, 0.25) is 0 Å². The van der Waals surface area contributed by atoms with Crippen LogP contribution in [0.1, 0.15) is 38.3 Å². The normalized spacial score (nSPS) is 28.1. The fraction of sp³-hybridized carbons (Fsp3) is 0.600. The molecule has 2 rings (SSSR count). The van der Waals surface area contributed by atoms with E-state index in [9.17, 15) is 5.11 Å².